The monoisotopic (exact) mass is 279 g/mol. The molecule has 0 aliphatic carbocycles. The molecule has 1 atom stereocenters. The van der Waals surface area contributed by atoms with Crippen molar-refractivity contribution in [3.05, 3.63) is 66.0 Å². The van der Waals surface area contributed by atoms with Crippen LogP contribution in [0.2, 0.25) is 0 Å². The number of aromatic amines is 1. The number of rotatable bonds is 5. The normalized spacial score (nSPS) is 12.7. The van der Waals surface area contributed by atoms with Crippen LogP contribution in [0.15, 0.2) is 54.6 Å². The minimum absolute atomic E-state index is 0.684. The van der Waals surface area contributed by atoms with E-state index in [1.54, 1.807) is 0 Å². The number of nitrogens with one attached hydrogen (secondary N) is 1. The summed E-state index contributed by atoms with van der Waals surface area (Å²) in [6.07, 6.45) is 2.16. The highest BCUT2D eigenvalue weighted by molar-refractivity contribution is 5.71. The Morgan fingerprint density at radius 3 is 2.48 bits per heavy atom. The highest BCUT2D eigenvalue weighted by atomic mass is 15.1. The fraction of sp³-hybridized carbons (Fsp3) is 0.316. The first kappa shape index (κ1) is 13.9. The third-order valence-corrected chi connectivity index (χ3v) is 4.21. The molecule has 2 aromatic carbocycles. The molecule has 0 saturated carbocycles. The summed E-state index contributed by atoms with van der Waals surface area (Å²) in [5, 5.41) is 0. The molecule has 108 valence electrons. The fourth-order valence-electron chi connectivity index (χ4n) is 2.76. The van der Waals surface area contributed by atoms with Gasteiger partial charge in [-0.1, -0.05) is 56.3 Å². The number of para-hydroxylation sites is 2. The largest absolute Gasteiger partial charge is 0.259 e. The fourth-order valence-corrected chi connectivity index (χ4v) is 2.76. The first-order chi connectivity index (χ1) is 10.3. The van der Waals surface area contributed by atoms with Gasteiger partial charge in [-0.2, -0.15) is 0 Å². The number of hydrogen-bond acceptors (Lipinski definition) is 0. The number of aromatic nitrogens is 2. The average Bonchev–Trinajstić information content (AvgIpc) is 2.86. The molecule has 0 aliphatic heterocycles. The Morgan fingerprint density at radius 1 is 1.00 bits per heavy atom. The van der Waals surface area contributed by atoms with Crippen LogP contribution < -0.4 is 4.57 Å². The van der Waals surface area contributed by atoms with Crippen molar-refractivity contribution >= 4 is 11.0 Å². The third-order valence-electron chi connectivity index (χ3n) is 4.21. The van der Waals surface area contributed by atoms with Gasteiger partial charge in [0.2, 0.25) is 0 Å². The lowest BCUT2D eigenvalue weighted by molar-refractivity contribution is -0.684. The van der Waals surface area contributed by atoms with Crippen LogP contribution in [0.1, 0.15) is 31.7 Å². The number of hydrogen-bond donors (Lipinski definition) is 1. The maximum absolute atomic E-state index is 3.61. The quantitative estimate of drug-likeness (QED) is 0.679. The predicted molar refractivity (Wildman–Crippen MR) is 87.2 cm³/mol. The molecule has 0 bridgehead atoms. The zero-order chi connectivity index (χ0) is 14.7. The van der Waals surface area contributed by atoms with E-state index in [9.17, 15) is 0 Å². The van der Waals surface area contributed by atoms with E-state index < -0.39 is 0 Å². The van der Waals surface area contributed by atoms with Gasteiger partial charge in [-0.25, -0.2) is 9.55 Å². The van der Waals surface area contributed by atoms with Crippen LogP contribution in [0.25, 0.3) is 11.0 Å². The van der Waals surface area contributed by atoms with Gasteiger partial charge >= 0.3 is 0 Å². The smallest absolute Gasteiger partial charge is 0.240 e. The summed E-state index contributed by atoms with van der Waals surface area (Å²) < 4.78 is 2.45. The molecule has 1 aromatic heterocycles. The zero-order valence-electron chi connectivity index (χ0n) is 12.8. The van der Waals surface area contributed by atoms with Gasteiger partial charge < -0.3 is 0 Å². The SMILES string of the molecule is CCC(C)C[n+]1c(Cc2ccccc2)[nH]c2ccccc21. The van der Waals surface area contributed by atoms with E-state index in [1.807, 2.05) is 0 Å². The Bertz CT molecular complexity index is 713. The molecule has 1 unspecified atom stereocenters. The summed E-state index contributed by atoms with van der Waals surface area (Å²) in [4.78, 5) is 3.61. The Hall–Kier alpha value is -2.09. The third kappa shape index (κ3) is 2.99. The summed E-state index contributed by atoms with van der Waals surface area (Å²) in [6, 6.07) is 19.3. The van der Waals surface area contributed by atoms with Crippen molar-refractivity contribution in [1.29, 1.82) is 0 Å². The van der Waals surface area contributed by atoms with E-state index in [0.717, 1.165) is 13.0 Å². The minimum atomic E-state index is 0.684. The standard InChI is InChI=1S/C19H22N2/c1-3-15(2)14-21-18-12-8-7-11-17(18)20-19(21)13-16-9-5-4-6-10-16/h4-12,15H,3,13-14H2,1-2H3/p+1. The first-order valence-corrected chi connectivity index (χ1v) is 7.81. The van der Waals surface area contributed by atoms with Gasteiger partial charge in [0.1, 0.15) is 0 Å². The molecule has 2 heteroatoms. The van der Waals surface area contributed by atoms with E-state index in [0.29, 0.717) is 5.92 Å². The van der Waals surface area contributed by atoms with E-state index in [2.05, 4.69) is 78.0 Å². The summed E-state index contributed by atoms with van der Waals surface area (Å²) >= 11 is 0. The van der Waals surface area contributed by atoms with E-state index in [4.69, 9.17) is 0 Å². The van der Waals surface area contributed by atoms with Gasteiger partial charge in [0, 0.05) is 0 Å². The lowest BCUT2D eigenvalue weighted by Gasteiger charge is -2.08. The lowest BCUT2D eigenvalue weighted by Crippen LogP contribution is -2.40. The molecule has 0 saturated heterocycles. The molecule has 2 nitrogen and oxygen atoms in total. The van der Waals surface area contributed by atoms with Crippen LogP contribution in [0.4, 0.5) is 0 Å². The maximum Gasteiger partial charge on any atom is 0.259 e. The molecule has 3 rings (SSSR count). The highest BCUT2D eigenvalue weighted by Crippen LogP contribution is 2.14. The summed E-state index contributed by atoms with van der Waals surface area (Å²) in [7, 11) is 0. The number of benzene rings is 2. The molecule has 0 spiro atoms. The van der Waals surface area contributed by atoms with Gasteiger partial charge in [0.05, 0.1) is 13.0 Å². The van der Waals surface area contributed by atoms with E-state index >= 15 is 0 Å². The molecule has 0 aliphatic rings. The van der Waals surface area contributed by atoms with Gasteiger partial charge in [-0.3, -0.25) is 0 Å². The Morgan fingerprint density at radius 2 is 1.71 bits per heavy atom. The van der Waals surface area contributed by atoms with Crippen molar-refractivity contribution in [3.63, 3.8) is 0 Å². The Kier molecular flexibility index (Phi) is 4.05. The van der Waals surface area contributed by atoms with Crippen molar-refractivity contribution in [3.8, 4) is 0 Å². The highest BCUT2D eigenvalue weighted by Gasteiger charge is 2.19. The predicted octanol–water partition coefficient (Wildman–Crippen LogP) is 4.09. The van der Waals surface area contributed by atoms with Crippen molar-refractivity contribution in [1.82, 2.24) is 4.98 Å². The van der Waals surface area contributed by atoms with Crippen LogP contribution in [0, 0.1) is 5.92 Å². The first-order valence-electron chi connectivity index (χ1n) is 7.81. The summed E-state index contributed by atoms with van der Waals surface area (Å²) in [6.45, 7) is 5.65. The molecular weight excluding hydrogens is 256 g/mol. The van der Waals surface area contributed by atoms with Crippen molar-refractivity contribution < 1.29 is 4.57 Å². The molecule has 21 heavy (non-hydrogen) atoms. The molecule has 1 N–H and O–H groups in total. The lowest BCUT2D eigenvalue weighted by atomic mass is 10.1. The molecule has 0 radical (unpaired) electrons. The van der Waals surface area contributed by atoms with Crippen molar-refractivity contribution in [2.45, 2.75) is 33.2 Å². The molecule has 1 heterocycles. The second-order valence-electron chi connectivity index (χ2n) is 5.88. The van der Waals surface area contributed by atoms with Gasteiger partial charge in [-0.15, -0.1) is 0 Å². The van der Waals surface area contributed by atoms with Gasteiger partial charge in [-0.05, 0) is 30.0 Å². The Labute approximate surface area is 126 Å². The van der Waals surface area contributed by atoms with Crippen LogP contribution in [0.3, 0.4) is 0 Å². The topological polar surface area (TPSA) is 19.7 Å². The second-order valence-corrected chi connectivity index (χ2v) is 5.88. The van der Waals surface area contributed by atoms with Crippen molar-refractivity contribution in [2.24, 2.45) is 5.92 Å². The zero-order valence-corrected chi connectivity index (χ0v) is 12.8. The molecule has 0 amide bonds. The van der Waals surface area contributed by atoms with Gasteiger partial charge in [0.15, 0.2) is 11.0 Å². The Balaban J connectivity index is 2.02. The minimum Gasteiger partial charge on any atom is -0.240 e. The van der Waals surface area contributed by atoms with Crippen LogP contribution in [-0.2, 0) is 13.0 Å². The van der Waals surface area contributed by atoms with E-state index in [1.165, 1.54) is 28.8 Å². The number of nitrogens with zero attached hydrogens (tertiary/aromatic N) is 1. The number of fused-ring (bicyclic) bond motifs is 1. The van der Waals surface area contributed by atoms with Crippen LogP contribution in [0.5, 0.6) is 0 Å². The van der Waals surface area contributed by atoms with E-state index in [-0.39, 0.29) is 0 Å². The average molecular weight is 279 g/mol. The molecule has 3 aromatic rings. The maximum atomic E-state index is 3.61. The summed E-state index contributed by atoms with van der Waals surface area (Å²) in [5.41, 5.74) is 3.89. The number of imidazole rings is 1. The molecular formula is C19H23N2+. The second kappa shape index (κ2) is 6.13. The van der Waals surface area contributed by atoms with Crippen LogP contribution >= 0.6 is 0 Å². The molecule has 0 fully saturated rings. The summed E-state index contributed by atoms with van der Waals surface area (Å²) in [5.74, 6) is 1.98. The number of H-pyrrole nitrogens is 1. The van der Waals surface area contributed by atoms with Crippen molar-refractivity contribution in [2.75, 3.05) is 0 Å². The van der Waals surface area contributed by atoms with Gasteiger partial charge in [0.25, 0.3) is 5.82 Å². The van der Waals surface area contributed by atoms with Crippen LogP contribution in [-0.4, -0.2) is 4.98 Å².